The molecule has 0 bridgehead atoms. The van der Waals surface area contributed by atoms with Crippen molar-refractivity contribution in [3.05, 3.63) is 39.4 Å². The van der Waals surface area contributed by atoms with Crippen LogP contribution in [-0.4, -0.2) is 39.4 Å². The van der Waals surface area contributed by atoms with E-state index in [4.69, 9.17) is 0 Å². The molecule has 20 heavy (non-hydrogen) atoms. The Morgan fingerprint density at radius 1 is 1.30 bits per heavy atom. The van der Waals surface area contributed by atoms with E-state index in [1.807, 2.05) is 0 Å². The minimum absolute atomic E-state index is 0.0169. The highest BCUT2D eigenvalue weighted by molar-refractivity contribution is 6.23. The maximum atomic E-state index is 12.3. The lowest BCUT2D eigenvalue weighted by Crippen LogP contribution is -2.45. The van der Waals surface area contributed by atoms with Crippen LogP contribution in [0.25, 0.3) is 0 Å². The van der Waals surface area contributed by atoms with Crippen molar-refractivity contribution >= 4 is 17.5 Å². The monoisotopic (exact) mass is 278 g/mol. The Bertz CT molecular complexity index is 596. The zero-order valence-corrected chi connectivity index (χ0v) is 11.1. The number of rotatable bonds is 4. The molecule has 1 unspecified atom stereocenters. The summed E-state index contributed by atoms with van der Waals surface area (Å²) in [6.07, 6.45) is 0. The van der Waals surface area contributed by atoms with Crippen LogP contribution in [0, 0.1) is 16.0 Å². The van der Waals surface area contributed by atoms with E-state index in [0.29, 0.717) is 0 Å². The van der Waals surface area contributed by atoms with Crippen LogP contribution in [0.15, 0.2) is 18.2 Å². The molecule has 0 saturated heterocycles. The summed E-state index contributed by atoms with van der Waals surface area (Å²) < 4.78 is 0. The lowest BCUT2D eigenvalue weighted by Gasteiger charge is -2.27. The van der Waals surface area contributed by atoms with Crippen LogP contribution < -0.4 is 0 Å². The second kappa shape index (κ2) is 5.01. The third-order valence-electron chi connectivity index (χ3n) is 3.41. The summed E-state index contributed by atoms with van der Waals surface area (Å²) in [6, 6.07) is 3.25. The normalized spacial score (nSPS) is 15.7. The van der Waals surface area contributed by atoms with E-state index < -0.39 is 22.8 Å². The van der Waals surface area contributed by atoms with Crippen molar-refractivity contribution in [2.45, 2.75) is 19.9 Å². The molecule has 0 radical (unpaired) electrons. The zero-order valence-electron chi connectivity index (χ0n) is 11.1. The van der Waals surface area contributed by atoms with Crippen LogP contribution in [0.3, 0.4) is 0 Å². The van der Waals surface area contributed by atoms with Gasteiger partial charge in [0.05, 0.1) is 23.1 Å². The lowest BCUT2D eigenvalue weighted by molar-refractivity contribution is -0.385. The third-order valence-corrected chi connectivity index (χ3v) is 3.41. The molecule has 1 aliphatic rings. The predicted molar refractivity (Wildman–Crippen MR) is 69.3 cm³/mol. The molecule has 106 valence electrons. The Morgan fingerprint density at radius 2 is 1.95 bits per heavy atom. The van der Waals surface area contributed by atoms with Crippen molar-refractivity contribution in [1.82, 2.24) is 4.90 Å². The van der Waals surface area contributed by atoms with Crippen molar-refractivity contribution in [3.63, 3.8) is 0 Å². The molecule has 7 nitrogen and oxygen atoms in total. The number of carbonyl (C=O) groups is 2. The molecule has 1 aliphatic heterocycles. The van der Waals surface area contributed by atoms with Gasteiger partial charge < -0.3 is 5.11 Å². The van der Waals surface area contributed by atoms with Crippen LogP contribution in [0.4, 0.5) is 5.69 Å². The number of benzene rings is 1. The average Bonchev–Trinajstić information content (AvgIpc) is 2.64. The van der Waals surface area contributed by atoms with E-state index in [2.05, 4.69) is 0 Å². The van der Waals surface area contributed by atoms with Gasteiger partial charge in [0.25, 0.3) is 17.5 Å². The van der Waals surface area contributed by atoms with Gasteiger partial charge in [-0.15, -0.1) is 0 Å². The molecule has 2 amide bonds. The van der Waals surface area contributed by atoms with E-state index in [-0.39, 0.29) is 29.3 Å². The van der Waals surface area contributed by atoms with Crippen LogP contribution >= 0.6 is 0 Å². The molecule has 2 rings (SSSR count). The summed E-state index contributed by atoms with van der Waals surface area (Å²) in [5.74, 6) is -1.47. The summed E-state index contributed by atoms with van der Waals surface area (Å²) in [5.41, 5.74) is -0.561. The van der Waals surface area contributed by atoms with Crippen LogP contribution in [0.5, 0.6) is 0 Å². The van der Waals surface area contributed by atoms with E-state index >= 15 is 0 Å². The summed E-state index contributed by atoms with van der Waals surface area (Å²) in [6.45, 7) is 3.15. The number of aliphatic hydroxyl groups excluding tert-OH is 1. The van der Waals surface area contributed by atoms with Crippen LogP contribution in [0.2, 0.25) is 0 Å². The first-order valence-electron chi connectivity index (χ1n) is 6.16. The number of nitrogens with zero attached hydrogens (tertiary/aromatic N) is 2. The van der Waals surface area contributed by atoms with Crippen molar-refractivity contribution in [2.24, 2.45) is 5.92 Å². The van der Waals surface area contributed by atoms with Gasteiger partial charge in [-0.25, -0.2) is 0 Å². The molecule has 0 saturated carbocycles. The highest BCUT2D eigenvalue weighted by atomic mass is 16.6. The summed E-state index contributed by atoms with van der Waals surface area (Å²) in [5, 5.41) is 20.3. The first-order valence-corrected chi connectivity index (χ1v) is 6.16. The number of nitro groups is 1. The van der Waals surface area contributed by atoms with Gasteiger partial charge in [-0.3, -0.25) is 24.6 Å². The molecule has 1 aromatic carbocycles. The second-order valence-electron chi connectivity index (χ2n) is 4.93. The Balaban J connectivity index is 2.56. The fourth-order valence-corrected chi connectivity index (χ4v) is 2.33. The van der Waals surface area contributed by atoms with Gasteiger partial charge in [-0.1, -0.05) is 19.9 Å². The molecule has 0 fully saturated rings. The maximum absolute atomic E-state index is 12.3. The van der Waals surface area contributed by atoms with E-state index in [9.17, 15) is 24.8 Å². The van der Waals surface area contributed by atoms with Gasteiger partial charge in [0, 0.05) is 6.07 Å². The lowest BCUT2D eigenvalue weighted by atomic mass is 10.0. The first-order chi connectivity index (χ1) is 9.40. The SMILES string of the molecule is CC(C)C(CO)N1C(=O)c2cccc([N+](=O)[O-])c2C1=O. The molecular weight excluding hydrogens is 264 g/mol. The molecule has 0 spiro atoms. The van der Waals surface area contributed by atoms with Crippen LogP contribution in [0.1, 0.15) is 34.6 Å². The van der Waals surface area contributed by atoms with E-state index in [0.717, 1.165) is 4.90 Å². The van der Waals surface area contributed by atoms with E-state index in [1.54, 1.807) is 13.8 Å². The number of fused-ring (bicyclic) bond motifs is 1. The molecule has 1 heterocycles. The van der Waals surface area contributed by atoms with Crippen molar-refractivity contribution in [2.75, 3.05) is 6.61 Å². The fraction of sp³-hybridized carbons (Fsp3) is 0.385. The highest BCUT2D eigenvalue weighted by Crippen LogP contribution is 2.32. The molecule has 1 atom stereocenters. The maximum Gasteiger partial charge on any atom is 0.282 e. The number of hydrogen-bond donors (Lipinski definition) is 1. The zero-order chi connectivity index (χ0) is 15.0. The predicted octanol–water partition coefficient (Wildman–Crippen LogP) is 1.21. The van der Waals surface area contributed by atoms with Gasteiger partial charge in [-0.2, -0.15) is 0 Å². The van der Waals surface area contributed by atoms with E-state index in [1.165, 1.54) is 18.2 Å². The number of carbonyl (C=O) groups excluding carboxylic acids is 2. The number of amides is 2. The van der Waals surface area contributed by atoms with Gasteiger partial charge >= 0.3 is 0 Å². The number of hydrogen-bond acceptors (Lipinski definition) is 5. The smallest absolute Gasteiger partial charge is 0.282 e. The quantitative estimate of drug-likeness (QED) is 0.506. The fourth-order valence-electron chi connectivity index (χ4n) is 2.33. The minimum Gasteiger partial charge on any atom is -0.394 e. The molecule has 1 N–H and O–H groups in total. The molecular formula is C13H14N2O5. The van der Waals surface area contributed by atoms with Crippen molar-refractivity contribution in [3.8, 4) is 0 Å². The largest absolute Gasteiger partial charge is 0.394 e. The molecule has 1 aromatic rings. The Hall–Kier alpha value is -2.28. The Morgan fingerprint density at radius 3 is 2.45 bits per heavy atom. The molecule has 7 heteroatoms. The standard InChI is InChI=1S/C13H14N2O5/c1-7(2)10(6-16)14-12(17)8-4-3-5-9(15(19)20)11(8)13(14)18/h3-5,7,10,16H,6H2,1-2H3. The second-order valence-corrected chi connectivity index (χ2v) is 4.93. The summed E-state index contributed by atoms with van der Waals surface area (Å²) in [4.78, 5) is 35.8. The topological polar surface area (TPSA) is 101 Å². The summed E-state index contributed by atoms with van der Waals surface area (Å²) in [7, 11) is 0. The molecule has 0 aromatic heterocycles. The Labute approximate surface area is 115 Å². The van der Waals surface area contributed by atoms with Gasteiger partial charge in [0.2, 0.25) is 0 Å². The first kappa shape index (κ1) is 14.1. The molecule has 0 aliphatic carbocycles. The number of nitro benzene ring substituents is 1. The van der Waals surface area contributed by atoms with Gasteiger partial charge in [0.1, 0.15) is 5.56 Å². The van der Waals surface area contributed by atoms with Crippen LogP contribution in [-0.2, 0) is 0 Å². The van der Waals surface area contributed by atoms with Gasteiger partial charge in [-0.05, 0) is 12.0 Å². The minimum atomic E-state index is -0.718. The Kier molecular flexibility index (Phi) is 3.54. The average molecular weight is 278 g/mol. The number of aliphatic hydroxyl groups is 1. The van der Waals surface area contributed by atoms with Crippen molar-refractivity contribution < 1.29 is 19.6 Å². The third kappa shape index (κ3) is 1.96. The van der Waals surface area contributed by atoms with Crippen molar-refractivity contribution in [1.29, 1.82) is 0 Å². The number of imide groups is 1. The summed E-state index contributed by atoms with van der Waals surface area (Å²) >= 11 is 0. The van der Waals surface area contributed by atoms with Gasteiger partial charge in [0.15, 0.2) is 0 Å². The highest BCUT2D eigenvalue weighted by Gasteiger charge is 2.44.